The highest BCUT2D eigenvalue weighted by Crippen LogP contribution is 2.16. The fraction of sp³-hybridized carbons (Fsp3) is 0.294. The number of rotatable bonds is 7. The van der Waals surface area contributed by atoms with Gasteiger partial charge in [0.15, 0.2) is 0 Å². The zero-order valence-electron chi connectivity index (χ0n) is 13.9. The molecule has 8 nitrogen and oxygen atoms in total. The highest BCUT2D eigenvalue weighted by Gasteiger charge is 2.38. The molecule has 9 heteroatoms. The molecule has 1 aromatic heterocycles. The van der Waals surface area contributed by atoms with Crippen LogP contribution in [0.25, 0.3) is 0 Å². The largest absolute Gasteiger partial charge is 0.354 e. The molecule has 0 radical (unpaired) electrons. The molecule has 26 heavy (non-hydrogen) atoms. The molecule has 0 saturated carbocycles. The number of hydrogen-bond donors (Lipinski definition) is 2. The SMILES string of the molecule is O=C(CC1NC(=O)N(Cc2cccc(Cl)c2)C1=O)NCCn1cccn1. The molecule has 1 atom stereocenters. The first kappa shape index (κ1) is 17.9. The van der Waals surface area contributed by atoms with E-state index in [2.05, 4.69) is 15.7 Å². The van der Waals surface area contributed by atoms with Crippen molar-refractivity contribution >= 4 is 29.4 Å². The molecule has 136 valence electrons. The molecule has 0 bridgehead atoms. The summed E-state index contributed by atoms with van der Waals surface area (Å²) < 4.78 is 1.69. The molecule has 0 spiro atoms. The summed E-state index contributed by atoms with van der Waals surface area (Å²) >= 11 is 5.92. The molecule has 0 aliphatic carbocycles. The fourth-order valence-corrected chi connectivity index (χ4v) is 2.90. The van der Waals surface area contributed by atoms with Gasteiger partial charge in [-0.2, -0.15) is 5.10 Å². The number of halogens is 1. The predicted molar refractivity (Wildman–Crippen MR) is 94.2 cm³/mol. The number of urea groups is 1. The number of amides is 4. The number of hydrogen-bond acceptors (Lipinski definition) is 4. The number of aromatic nitrogens is 2. The van der Waals surface area contributed by atoms with E-state index < -0.39 is 18.0 Å². The highest BCUT2D eigenvalue weighted by atomic mass is 35.5. The van der Waals surface area contributed by atoms with Crippen LogP contribution >= 0.6 is 11.6 Å². The van der Waals surface area contributed by atoms with Crippen LogP contribution in [0, 0.1) is 0 Å². The van der Waals surface area contributed by atoms with Crippen LogP contribution in [-0.2, 0) is 22.7 Å². The van der Waals surface area contributed by atoms with Crippen molar-refractivity contribution in [1.82, 2.24) is 25.3 Å². The minimum atomic E-state index is -0.855. The van der Waals surface area contributed by atoms with Gasteiger partial charge >= 0.3 is 6.03 Å². The van der Waals surface area contributed by atoms with Crippen LogP contribution in [0.2, 0.25) is 5.02 Å². The van der Waals surface area contributed by atoms with Gasteiger partial charge in [-0.1, -0.05) is 23.7 Å². The second kappa shape index (κ2) is 8.01. The molecule has 3 rings (SSSR count). The minimum Gasteiger partial charge on any atom is -0.354 e. The van der Waals surface area contributed by atoms with E-state index >= 15 is 0 Å². The zero-order chi connectivity index (χ0) is 18.5. The Morgan fingerprint density at radius 2 is 2.15 bits per heavy atom. The lowest BCUT2D eigenvalue weighted by molar-refractivity contribution is -0.131. The van der Waals surface area contributed by atoms with E-state index in [1.165, 1.54) is 0 Å². The molecule has 1 saturated heterocycles. The normalized spacial score (nSPS) is 16.7. The summed E-state index contributed by atoms with van der Waals surface area (Å²) in [7, 11) is 0. The highest BCUT2D eigenvalue weighted by molar-refractivity contribution is 6.30. The molecule has 2 heterocycles. The van der Waals surface area contributed by atoms with E-state index in [1.54, 1.807) is 47.4 Å². The smallest absolute Gasteiger partial charge is 0.325 e. The Kier molecular flexibility index (Phi) is 5.52. The van der Waals surface area contributed by atoms with Crippen molar-refractivity contribution in [1.29, 1.82) is 0 Å². The number of nitrogens with zero attached hydrogens (tertiary/aromatic N) is 3. The number of carbonyl (C=O) groups is 3. The van der Waals surface area contributed by atoms with E-state index in [4.69, 9.17) is 11.6 Å². The topological polar surface area (TPSA) is 96.3 Å². The van der Waals surface area contributed by atoms with Gasteiger partial charge in [0.1, 0.15) is 6.04 Å². The molecule has 1 aromatic carbocycles. The lowest BCUT2D eigenvalue weighted by Crippen LogP contribution is -2.37. The Bertz CT molecular complexity index is 808. The molecule has 1 fully saturated rings. The quantitative estimate of drug-likeness (QED) is 0.710. The lowest BCUT2D eigenvalue weighted by atomic mass is 10.1. The Morgan fingerprint density at radius 3 is 2.88 bits per heavy atom. The molecule has 1 unspecified atom stereocenters. The third-order valence-electron chi connectivity index (χ3n) is 3.95. The maximum atomic E-state index is 12.4. The van der Waals surface area contributed by atoms with Gasteiger partial charge in [0.05, 0.1) is 19.5 Å². The van der Waals surface area contributed by atoms with Crippen LogP contribution in [0.3, 0.4) is 0 Å². The second-order valence-corrected chi connectivity index (χ2v) is 6.32. The standard InChI is InChI=1S/C17H18ClN5O3/c18-13-4-1-3-12(9-13)11-23-16(25)14(21-17(23)26)10-15(24)19-6-8-22-7-2-5-20-22/h1-5,7,9,14H,6,8,10-11H2,(H,19,24)(H,21,26). The van der Waals surface area contributed by atoms with Gasteiger partial charge in [-0.25, -0.2) is 4.79 Å². The van der Waals surface area contributed by atoms with Gasteiger partial charge in [0, 0.05) is 24.0 Å². The monoisotopic (exact) mass is 375 g/mol. The Morgan fingerprint density at radius 1 is 1.31 bits per heavy atom. The average molecular weight is 376 g/mol. The van der Waals surface area contributed by atoms with E-state index in [9.17, 15) is 14.4 Å². The van der Waals surface area contributed by atoms with E-state index in [-0.39, 0.29) is 18.9 Å². The van der Waals surface area contributed by atoms with Crippen molar-refractivity contribution in [2.45, 2.75) is 25.6 Å². The van der Waals surface area contributed by atoms with E-state index in [0.717, 1.165) is 10.5 Å². The molecule has 1 aliphatic rings. The number of carbonyl (C=O) groups excluding carboxylic acids is 3. The van der Waals surface area contributed by atoms with Crippen LogP contribution in [0.1, 0.15) is 12.0 Å². The molecule has 4 amide bonds. The number of benzene rings is 1. The maximum absolute atomic E-state index is 12.4. The van der Waals surface area contributed by atoms with Gasteiger partial charge in [-0.05, 0) is 23.8 Å². The predicted octanol–water partition coefficient (Wildman–Crippen LogP) is 1.16. The average Bonchev–Trinajstić information content (AvgIpc) is 3.19. The molecular weight excluding hydrogens is 358 g/mol. The Labute approximate surface area is 155 Å². The van der Waals surface area contributed by atoms with Gasteiger partial charge in [0.2, 0.25) is 5.91 Å². The summed E-state index contributed by atoms with van der Waals surface area (Å²) in [6, 6.07) is 7.37. The van der Waals surface area contributed by atoms with Gasteiger partial charge in [-0.15, -0.1) is 0 Å². The molecule has 2 N–H and O–H groups in total. The zero-order valence-corrected chi connectivity index (χ0v) is 14.6. The molecule has 1 aliphatic heterocycles. The Hall–Kier alpha value is -2.87. The van der Waals surface area contributed by atoms with Crippen LogP contribution < -0.4 is 10.6 Å². The number of nitrogens with one attached hydrogen (secondary N) is 2. The van der Waals surface area contributed by atoms with Crippen LogP contribution in [-0.4, -0.2) is 45.1 Å². The van der Waals surface area contributed by atoms with Crippen LogP contribution in [0.4, 0.5) is 4.79 Å². The summed E-state index contributed by atoms with van der Waals surface area (Å²) in [6.07, 6.45) is 3.35. The van der Waals surface area contributed by atoms with E-state index in [0.29, 0.717) is 18.1 Å². The van der Waals surface area contributed by atoms with Gasteiger partial charge < -0.3 is 10.6 Å². The van der Waals surface area contributed by atoms with Crippen molar-refractivity contribution in [2.75, 3.05) is 6.54 Å². The third-order valence-corrected chi connectivity index (χ3v) is 4.18. The number of imide groups is 1. The first-order chi connectivity index (χ1) is 12.5. The maximum Gasteiger partial charge on any atom is 0.325 e. The molecule has 2 aromatic rings. The summed E-state index contributed by atoms with van der Waals surface area (Å²) in [5.74, 6) is -0.724. The van der Waals surface area contributed by atoms with E-state index in [1.807, 2.05) is 0 Å². The first-order valence-electron chi connectivity index (χ1n) is 8.13. The summed E-state index contributed by atoms with van der Waals surface area (Å²) in [6.45, 7) is 1.04. The van der Waals surface area contributed by atoms with Crippen molar-refractivity contribution in [3.63, 3.8) is 0 Å². The minimum absolute atomic E-state index is 0.101. The van der Waals surface area contributed by atoms with Crippen LogP contribution in [0.5, 0.6) is 0 Å². The van der Waals surface area contributed by atoms with Gasteiger partial charge in [0.25, 0.3) is 5.91 Å². The summed E-state index contributed by atoms with van der Waals surface area (Å²) in [5, 5.41) is 9.83. The van der Waals surface area contributed by atoms with Crippen LogP contribution in [0.15, 0.2) is 42.7 Å². The van der Waals surface area contributed by atoms with Crippen molar-refractivity contribution in [3.8, 4) is 0 Å². The summed E-state index contributed by atoms with van der Waals surface area (Å²) in [5.41, 5.74) is 0.741. The summed E-state index contributed by atoms with van der Waals surface area (Å²) in [4.78, 5) is 37.6. The van der Waals surface area contributed by atoms with Crippen molar-refractivity contribution in [2.24, 2.45) is 0 Å². The first-order valence-corrected chi connectivity index (χ1v) is 8.51. The lowest BCUT2D eigenvalue weighted by Gasteiger charge is -2.13. The second-order valence-electron chi connectivity index (χ2n) is 5.88. The van der Waals surface area contributed by atoms with Crippen molar-refractivity contribution in [3.05, 3.63) is 53.3 Å². The molecular formula is C17H18ClN5O3. The fourth-order valence-electron chi connectivity index (χ4n) is 2.68. The van der Waals surface area contributed by atoms with Crippen molar-refractivity contribution < 1.29 is 14.4 Å². The Balaban J connectivity index is 1.50. The van der Waals surface area contributed by atoms with Gasteiger partial charge in [-0.3, -0.25) is 19.2 Å². The third kappa shape index (κ3) is 4.40.